The molecule has 0 aromatic heterocycles. The van der Waals surface area contributed by atoms with Crippen LogP contribution in [0.1, 0.15) is 269 Å². The predicted octanol–water partition coefficient (Wildman–Crippen LogP) is 17.7. The van der Waals surface area contributed by atoms with Crippen LogP contribution in [0.25, 0.3) is 0 Å². The van der Waals surface area contributed by atoms with E-state index in [0.29, 0.717) is 21.7 Å². The SMILES string of the molecule is CCCCCCCCCCCCC(CCC)(CCC)C(C(C)(C)C)C(CCCC)(CCCCCC)C(CC)(CCC)C(C)CCCC. The van der Waals surface area contributed by atoms with Gasteiger partial charge in [0.25, 0.3) is 0 Å². The van der Waals surface area contributed by atoms with Crippen LogP contribution in [0.5, 0.6) is 0 Å². The third-order valence-electron chi connectivity index (χ3n) is 13.3. The van der Waals surface area contributed by atoms with Crippen LogP contribution in [0.4, 0.5) is 0 Å². The molecule has 0 aromatic rings. The van der Waals surface area contributed by atoms with E-state index in [2.05, 4.69) is 83.1 Å². The summed E-state index contributed by atoms with van der Waals surface area (Å²) in [6.07, 6.45) is 41.2. The summed E-state index contributed by atoms with van der Waals surface area (Å²) in [4.78, 5) is 0. The van der Waals surface area contributed by atoms with E-state index >= 15 is 0 Å². The second-order valence-electron chi connectivity index (χ2n) is 18.0. The molecule has 0 radical (unpaired) electrons. The van der Waals surface area contributed by atoms with E-state index in [9.17, 15) is 0 Å². The maximum absolute atomic E-state index is 2.74. The molecule has 0 aliphatic carbocycles. The third-order valence-corrected chi connectivity index (χ3v) is 13.3. The molecule has 0 rings (SSSR count). The van der Waals surface area contributed by atoms with Crippen molar-refractivity contribution >= 4 is 0 Å². The highest BCUT2D eigenvalue weighted by atomic mass is 14.7. The molecule has 0 N–H and O–H groups in total. The van der Waals surface area contributed by atoms with Crippen LogP contribution in [0.15, 0.2) is 0 Å². The van der Waals surface area contributed by atoms with Crippen LogP contribution >= 0.6 is 0 Å². The maximum Gasteiger partial charge on any atom is -0.0200 e. The molecule has 0 nitrogen and oxygen atoms in total. The Balaban J connectivity index is 7.14. The van der Waals surface area contributed by atoms with Crippen LogP contribution in [0.2, 0.25) is 0 Å². The summed E-state index contributed by atoms with van der Waals surface area (Å²) in [5.74, 6) is 1.59. The molecule has 0 fully saturated rings. The van der Waals surface area contributed by atoms with Crippen molar-refractivity contribution in [1.29, 1.82) is 0 Å². The minimum absolute atomic E-state index is 0.306. The number of hydrogen-bond donors (Lipinski definition) is 0. The molecule has 0 aromatic carbocycles. The molecule has 0 aliphatic heterocycles. The Hall–Kier alpha value is 0. The Labute approximate surface area is 302 Å². The van der Waals surface area contributed by atoms with Gasteiger partial charge in [-0.25, -0.2) is 0 Å². The van der Waals surface area contributed by atoms with Crippen molar-refractivity contribution in [2.45, 2.75) is 269 Å². The van der Waals surface area contributed by atoms with Crippen molar-refractivity contribution in [3.8, 4) is 0 Å². The van der Waals surface area contributed by atoms with Crippen molar-refractivity contribution in [2.75, 3.05) is 0 Å². The first-order chi connectivity index (χ1) is 22.5. The van der Waals surface area contributed by atoms with Gasteiger partial charge in [-0.15, -0.1) is 0 Å². The lowest BCUT2D eigenvalue weighted by atomic mass is 9.38. The first kappa shape index (κ1) is 47.0. The van der Waals surface area contributed by atoms with Gasteiger partial charge in [-0.2, -0.15) is 0 Å². The smallest absolute Gasteiger partial charge is 0.0200 e. The van der Waals surface area contributed by atoms with E-state index in [1.165, 1.54) is 186 Å². The minimum atomic E-state index is 0.306. The van der Waals surface area contributed by atoms with Crippen LogP contribution < -0.4 is 0 Å². The lowest BCUT2D eigenvalue weighted by Crippen LogP contribution is -2.59. The Morgan fingerprint density at radius 2 is 0.766 bits per heavy atom. The fraction of sp³-hybridized carbons (Fsp3) is 1.00. The van der Waals surface area contributed by atoms with Gasteiger partial charge in [0.1, 0.15) is 0 Å². The molecule has 0 aliphatic rings. The van der Waals surface area contributed by atoms with E-state index in [4.69, 9.17) is 0 Å². The van der Waals surface area contributed by atoms with E-state index in [1.54, 1.807) is 0 Å². The van der Waals surface area contributed by atoms with Crippen molar-refractivity contribution in [2.24, 2.45) is 33.5 Å². The molecule has 0 amide bonds. The zero-order valence-corrected chi connectivity index (χ0v) is 35.7. The minimum Gasteiger partial charge on any atom is -0.0654 e. The molecule has 4 atom stereocenters. The fourth-order valence-electron chi connectivity index (χ4n) is 11.8. The second kappa shape index (κ2) is 26.8. The molecule has 0 spiro atoms. The van der Waals surface area contributed by atoms with Gasteiger partial charge in [0.05, 0.1) is 0 Å². The van der Waals surface area contributed by atoms with Crippen LogP contribution in [-0.2, 0) is 0 Å². The zero-order valence-electron chi connectivity index (χ0n) is 35.7. The van der Waals surface area contributed by atoms with Gasteiger partial charge in [0.15, 0.2) is 0 Å². The van der Waals surface area contributed by atoms with Crippen molar-refractivity contribution < 1.29 is 0 Å². The van der Waals surface area contributed by atoms with Gasteiger partial charge in [-0.05, 0) is 78.4 Å². The molecule has 0 saturated heterocycles. The Morgan fingerprint density at radius 1 is 0.362 bits per heavy atom. The first-order valence-corrected chi connectivity index (χ1v) is 22.5. The monoisotopic (exact) mass is 661 g/mol. The largest absolute Gasteiger partial charge is 0.0654 e. The van der Waals surface area contributed by atoms with Gasteiger partial charge in [0, 0.05) is 0 Å². The molecule has 47 heavy (non-hydrogen) atoms. The summed E-state index contributed by atoms with van der Waals surface area (Å²) < 4.78 is 0. The van der Waals surface area contributed by atoms with Gasteiger partial charge in [0.2, 0.25) is 0 Å². The highest BCUT2D eigenvalue weighted by Crippen LogP contribution is 2.70. The predicted molar refractivity (Wildman–Crippen MR) is 219 cm³/mol. The highest BCUT2D eigenvalue weighted by molar-refractivity contribution is 5.10. The Bertz CT molecular complexity index is 677. The molecular formula is C47H96. The fourth-order valence-corrected chi connectivity index (χ4v) is 11.8. The molecule has 0 bridgehead atoms. The summed E-state index contributed by atoms with van der Waals surface area (Å²) in [6.45, 7) is 30.8. The standard InChI is InChI=1S/C47H96/c1-13-21-25-27-28-29-30-31-32-33-39-45(36-17-5,37-18-6)43(44(10,11)12)47(40-24-16-4,41-34-26-22-14-2)46(20-8,38-19-7)42(9)35-23-15-3/h42-43H,13-41H2,1-12H3. The van der Waals surface area contributed by atoms with Crippen LogP contribution in [0.3, 0.4) is 0 Å². The molecule has 0 saturated carbocycles. The van der Waals surface area contributed by atoms with E-state index in [1.807, 2.05) is 0 Å². The summed E-state index contributed by atoms with van der Waals surface area (Å²) in [5, 5.41) is 0. The van der Waals surface area contributed by atoms with E-state index in [0.717, 1.165) is 11.8 Å². The topological polar surface area (TPSA) is 0 Å². The number of rotatable bonds is 33. The summed E-state index contributed by atoms with van der Waals surface area (Å²) in [7, 11) is 0. The third kappa shape index (κ3) is 15.0. The molecule has 0 heteroatoms. The van der Waals surface area contributed by atoms with Gasteiger partial charge >= 0.3 is 0 Å². The lowest BCUT2D eigenvalue weighted by molar-refractivity contribution is -0.176. The molecule has 0 heterocycles. The Kier molecular flexibility index (Phi) is 26.8. The number of unbranched alkanes of at least 4 members (excludes halogenated alkanes) is 14. The summed E-state index contributed by atoms with van der Waals surface area (Å²) in [5.41, 5.74) is 1.61. The average Bonchev–Trinajstić information content (AvgIpc) is 3.03. The highest BCUT2D eigenvalue weighted by Gasteiger charge is 2.62. The second-order valence-corrected chi connectivity index (χ2v) is 18.0. The lowest BCUT2D eigenvalue weighted by Gasteiger charge is -2.66. The molecule has 4 unspecified atom stereocenters. The van der Waals surface area contributed by atoms with E-state index in [-0.39, 0.29) is 0 Å². The summed E-state index contributed by atoms with van der Waals surface area (Å²) in [6, 6.07) is 0. The quantitative estimate of drug-likeness (QED) is 0.0615. The van der Waals surface area contributed by atoms with E-state index < -0.39 is 0 Å². The zero-order chi connectivity index (χ0) is 35.7. The average molecular weight is 661 g/mol. The molecular weight excluding hydrogens is 565 g/mol. The molecule has 284 valence electrons. The summed E-state index contributed by atoms with van der Waals surface area (Å²) >= 11 is 0. The maximum atomic E-state index is 2.74. The van der Waals surface area contributed by atoms with Crippen molar-refractivity contribution in [1.82, 2.24) is 0 Å². The number of hydrogen-bond acceptors (Lipinski definition) is 0. The van der Waals surface area contributed by atoms with Crippen molar-refractivity contribution in [3.63, 3.8) is 0 Å². The Morgan fingerprint density at radius 3 is 1.19 bits per heavy atom. The van der Waals surface area contributed by atoms with Gasteiger partial charge < -0.3 is 0 Å². The van der Waals surface area contributed by atoms with Gasteiger partial charge in [-0.1, -0.05) is 224 Å². The van der Waals surface area contributed by atoms with Crippen molar-refractivity contribution in [3.05, 3.63) is 0 Å². The van der Waals surface area contributed by atoms with Crippen LogP contribution in [-0.4, -0.2) is 0 Å². The van der Waals surface area contributed by atoms with Gasteiger partial charge in [-0.3, -0.25) is 0 Å². The normalized spacial score (nSPS) is 16.6. The van der Waals surface area contributed by atoms with Crippen LogP contribution in [0, 0.1) is 33.5 Å². The first-order valence-electron chi connectivity index (χ1n) is 22.5.